The monoisotopic (exact) mass is 301 g/mol. The summed E-state index contributed by atoms with van der Waals surface area (Å²) in [7, 11) is 0. The maximum atomic E-state index is 11.9. The van der Waals surface area contributed by atoms with Crippen LogP contribution >= 0.6 is 0 Å². The first-order valence-electron chi connectivity index (χ1n) is 7.37. The number of amides is 3. The number of aliphatic carboxylic acids is 1. The number of carboxylic acid groups (broad SMARTS) is 1. The Morgan fingerprint density at radius 2 is 1.81 bits per heavy atom. The normalized spacial score (nSPS) is 13.1. The zero-order chi connectivity index (χ0) is 16.4. The third kappa shape index (κ3) is 8.16. The van der Waals surface area contributed by atoms with Gasteiger partial charge in [-0.3, -0.25) is 9.59 Å². The molecule has 7 heteroatoms. The first-order valence-corrected chi connectivity index (χ1v) is 7.37. The van der Waals surface area contributed by atoms with Crippen LogP contribution in [0.15, 0.2) is 0 Å². The highest BCUT2D eigenvalue weighted by Crippen LogP contribution is 2.04. The van der Waals surface area contributed by atoms with Gasteiger partial charge in [0.05, 0.1) is 6.42 Å². The Hall–Kier alpha value is -1.79. The Balaban J connectivity index is 4.16. The number of carboxylic acids is 1. The number of carbonyl (C=O) groups is 3. The molecule has 0 radical (unpaired) electrons. The molecule has 0 aromatic heterocycles. The predicted octanol–water partition coefficient (Wildman–Crippen LogP) is 1.19. The van der Waals surface area contributed by atoms with Gasteiger partial charge in [0.15, 0.2) is 0 Å². The van der Waals surface area contributed by atoms with Crippen LogP contribution in [0, 0.1) is 0 Å². The van der Waals surface area contributed by atoms with Crippen molar-refractivity contribution in [1.82, 2.24) is 15.5 Å². The maximum absolute atomic E-state index is 11.9. The Morgan fingerprint density at radius 1 is 1.19 bits per heavy atom. The summed E-state index contributed by atoms with van der Waals surface area (Å²) in [6.07, 6.45) is 0.963. The average molecular weight is 301 g/mol. The molecule has 0 bridgehead atoms. The van der Waals surface area contributed by atoms with Gasteiger partial charge in [-0.25, -0.2) is 4.79 Å². The summed E-state index contributed by atoms with van der Waals surface area (Å²) in [4.78, 5) is 35.6. The summed E-state index contributed by atoms with van der Waals surface area (Å²) >= 11 is 0. The molecular formula is C14H27N3O4. The molecule has 2 atom stereocenters. The molecule has 0 aromatic carbocycles. The molecule has 0 rings (SSSR count). The van der Waals surface area contributed by atoms with E-state index in [0.29, 0.717) is 6.54 Å². The molecule has 122 valence electrons. The molecule has 0 aliphatic heterocycles. The number of nitrogens with zero attached hydrogens (tertiary/aromatic N) is 1. The lowest BCUT2D eigenvalue weighted by Gasteiger charge is -2.27. The first-order chi connectivity index (χ1) is 9.81. The van der Waals surface area contributed by atoms with E-state index in [0.717, 1.165) is 6.42 Å². The molecule has 3 amide bonds. The second-order valence-corrected chi connectivity index (χ2v) is 5.09. The van der Waals surface area contributed by atoms with Crippen LogP contribution in [-0.4, -0.2) is 53.1 Å². The maximum Gasteiger partial charge on any atom is 0.317 e. The van der Waals surface area contributed by atoms with Crippen molar-refractivity contribution in [3.8, 4) is 0 Å². The van der Waals surface area contributed by atoms with E-state index in [1.807, 2.05) is 13.8 Å². The van der Waals surface area contributed by atoms with E-state index in [4.69, 9.17) is 5.11 Å². The van der Waals surface area contributed by atoms with E-state index in [2.05, 4.69) is 10.6 Å². The smallest absolute Gasteiger partial charge is 0.317 e. The summed E-state index contributed by atoms with van der Waals surface area (Å²) in [5, 5.41) is 14.2. The molecule has 0 saturated carbocycles. The summed E-state index contributed by atoms with van der Waals surface area (Å²) in [6.45, 7) is 8.02. The summed E-state index contributed by atoms with van der Waals surface area (Å²) in [5.74, 6) is -1.05. The van der Waals surface area contributed by atoms with Crippen LogP contribution < -0.4 is 10.6 Å². The molecule has 0 fully saturated rings. The Bertz CT molecular complexity index is 360. The van der Waals surface area contributed by atoms with E-state index >= 15 is 0 Å². The second-order valence-electron chi connectivity index (χ2n) is 5.09. The van der Waals surface area contributed by atoms with Gasteiger partial charge in [0.2, 0.25) is 5.91 Å². The van der Waals surface area contributed by atoms with E-state index in [9.17, 15) is 14.4 Å². The largest absolute Gasteiger partial charge is 0.481 e. The molecule has 2 unspecified atom stereocenters. The van der Waals surface area contributed by atoms with E-state index in [1.54, 1.807) is 13.8 Å². The summed E-state index contributed by atoms with van der Waals surface area (Å²) in [5.41, 5.74) is 0. The van der Waals surface area contributed by atoms with Crippen LogP contribution in [-0.2, 0) is 9.59 Å². The topological polar surface area (TPSA) is 98.7 Å². The van der Waals surface area contributed by atoms with E-state index in [1.165, 1.54) is 4.90 Å². The zero-order valence-electron chi connectivity index (χ0n) is 13.3. The molecule has 0 aromatic rings. The Kier molecular flexibility index (Phi) is 9.16. The minimum Gasteiger partial charge on any atom is -0.481 e. The number of rotatable bonds is 9. The van der Waals surface area contributed by atoms with Crippen molar-refractivity contribution in [3.05, 3.63) is 0 Å². The second kappa shape index (κ2) is 10.0. The van der Waals surface area contributed by atoms with Crippen molar-refractivity contribution in [2.24, 2.45) is 0 Å². The fourth-order valence-corrected chi connectivity index (χ4v) is 1.85. The SMILES string of the molecule is CCC(C)NC(=O)CCNC(=O)N(CC)C(C)CC(=O)O. The zero-order valence-corrected chi connectivity index (χ0v) is 13.3. The van der Waals surface area contributed by atoms with Gasteiger partial charge in [-0.05, 0) is 27.2 Å². The fraction of sp³-hybridized carbons (Fsp3) is 0.786. The number of urea groups is 1. The van der Waals surface area contributed by atoms with Gasteiger partial charge in [0.1, 0.15) is 0 Å². The minimum absolute atomic E-state index is 0.101. The number of nitrogens with one attached hydrogen (secondary N) is 2. The van der Waals surface area contributed by atoms with Crippen LogP contribution in [0.4, 0.5) is 4.79 Å². The lowest BCUT2D eigenvalue weighted by Crippen LogP contribution is -2.46. The van der Waals surface area contributed by atoms with Crippen molar-refractivity contribution in [2.75, 3.05) is 13.1 Å². The molecule has 0 spiro atoms. The number of hydrogen-bond acceptors (Lipinski definition) is 3. The lowest BCUT2D eigenvalue weighted by atomic mass is 10.2. The first kappa shape index (κ1) is 19.2. The molecule has 0 aliphatic rings. The van der Waals surface area contributed by atoms with Crippen molar-refractivity contribution in [2.45, 2.75) is 59.0 Å². The average Bonchev–Trinajstić information content (AvgIpc) is 2.38. The van der Waals surface area contributed by atoms with Crippen molar-refractivity contribution in [1.29, 1.82) is 0 Å². The molecular weight excluding hydrogens is 274 g/mol. The van der Waals surface area contributed by atoms with Gasteiger partial charge >= 0.3 is 12.0 Å². The summed E-state index contributed by atoms with van der Waals surface area (Å²) < 4.78 is 0. The standard InChI is InChI=1S/C14H27N3O4/c1-5-10(3)16-12(18)7-8-15-14(21)17(6-2)11(4)9-13(19)20/h10-11H,5-9H2,1-4H3,(H,15,21)(H,16,18)(H,19,20). The molecule has 0 saturated heterocycles. The van der Waals surface area contributed by atoms with Gasteiger partial charge in [0.25, 0.3) is 0 Å². The van der Waals surface area contributed by atoms with Gasteiger partial charge in [-0.1, -0.05) is 6.92 Å². The number of carbonyl (C=O) groups excluding carboxylic acids is 2. The van der Waals surface area contributed by atoms with E-state index in [-0.39, 0.29) is 43.4 Å². The van der Waals surface area contributed by atoms with Gasteiger partial charge < -0.3 is 20.6 Å². The molecule has 21 heavy (non-hydrogen) atoms. The Labute approximate surface area is 126 Å². The predicted molar refractivity (Wildman–Crippen MR) is 80.0 cm³/mol. The van der Waals surface area contributed by atoms with Crippen LogP contribution in [0.1, 0.15) is 47.0 Å². The highest BCUT2D eigenvalue weighted by atomic mass is 16.4. The molecule has 7 nitrogen and oxygen atoms in total. The minimum atomic E-state index is -0.943. The Morgan fingerprint density at radius 3 is 2.29 bits per heavy atom. The molecule has 0 aliphatic carbocycles. The van der Waals surface area contributed by atoms with Gasteiger partial charge in [-0.2, -0.15) is 0 Å². The third-order valence-electron chi connectivity index (χ3n) is 3.25. The van der Waals surface area contributed by atoms with Crippen LogP contribution in [0.3, 0.4) is 0 Å². The number of hydrogen-bond donors (Lipinski definition) is 3. The van der Waals surface area contributed by atoms with E-state index < -0.39 is 5.97 Å². The molecule has 3 N–H and O–H groups in total. The summed E-state index contributed by atoms with van der Waals surface area (Å²) in [6, 6.07) is -0.611. The van der Waals surface area contributed by atoms with Crippen LogP contribution in [0.25, 0.3) is 0 Å². The van der Waals surface area contributed by atoms with Gasteiger partial charge in [-0.15, -0.1) is 0 Å². The highest BCUT2D eigenvalue weighted by molar-refractivity contribution is 5.79. The van der Waals surface area contributed by atoms with Crippen molar-refractivity contribution in [3.63, 3.8) is 0 Å². The van der Waals surface area contributed by atoms with Crippen molar-refractivity contribution >= 4 is 17.9 Å². The van der Waals surface area contributed by atoms with Gasteiger partial charge in [0, 0.05) is 31.6 Å². The quantitative estimate of drug-likeness (QED) is 0.595. The third-order valence-corrected chi connectivity index (χ3v) is 3.25. The van der Waals surface area contributed by atoms with Crippen LogP contribution in [0.5, 0.6) is 0 Å². The van der Waals surface area contributed by atoms with Crippen LogP contribution in [0.2, 0.25) is 0 Å². The molecule has 0 heterocycles. The lowest BCUT2D eigenvalue weighted by molar-refractivity contribution is -0.138. The fourth-order valence-electron chi connectivity index (χ4n) is 1.85. The van der Waals surface area contributed by atoms with Crippen molar-refractivity contribution < 1.29 is 19.5 Å². The highest BCUT2D eigenvalue weighted by Gasteiger charge is 2.20.